The number of rotatable bonds is 3. The molecule has 1 aromatic carbocycles. The van der Waals surface area contributed by atoms with Crippen molar-refractivity contribution in [2.24, 2.45) is 0 Å². The molecular weight excluding hydrogens is 279 g/mol. The molecule has 0 bridgehead atoms. The molecule has 5 nitrogen and oxygen atoms in total. The van der Waals surface area contributed by atoms with E-state index >= 15 is 0 Å². The van der Waals surface area contributed by atoms with Crippen molar-refractivity contribution in [3.05, 3.63) is 38.9 Å². The first-order chi connectivity index (χ1) is 8.50. The van der Waals surface area contributed by atoms with E-state index < -0.39 is 11.5 Å². The highest BCUT2D eigenvalue weighted by Crippen LogP contribution is 2.20. The van der Waals surface area contributed by atoms with Crippen LogP contribution in [-0.2, 0) is 11.3 Å². The Labute approximate surface area is 112 Å². The minimum absolute atomic E-state index is 0.0405. The minimum Gasteiger partial charge on any atom is -0.481 e. The number of carbonyl (C=O) groups is 1. The van der Waals surface area contributed by atoms with Crippen molar-refractivity contribution in [1.82, 2.24) is 9.55 Å². The number of aliphatic carboxylic acids is 1. The Balaban J connectivity index is 2.64. The molecule has 0 radical (unpaired) electrons. The van der Waals surface area contributed by atoms with Crippen molar-refractivity contribution in [2.45, 2.75) is 13.0 Å². The monoisotopic (exact) mass is 286 g/mol. The third-order valence-electron chi connectivity index (χ3n) is 2.44. The van der Waals surface area contributed by atoms with Gasteiger partial charge in [0.05, 0.1) is 22.3 Å². The van der Waals surface area contributed by atoms with Crippen molar-refractivity contribution in [3.8, 4) is 0 Å². The maximum absolute atomic E-state index is 12.1. The Hall–Kier alpha value is -1.59. The lowest BCUT2D eigenvalue weighted by Crippen LogP contribution is -2.23. The fraction of sp³-hybridized carbons (Fsp3) is 0.182. The van der Waals surface area contributed by atoms with Crippen LogP contribution < -0.4 is 5.56 Å². The smallest absolute Gasteiger partial charge is 0.305 e. The molecule has 0 fully saturated rings. The number of hydrogen-bond donors (Lipinski definition) is 1. The first-order valence-electron chi connectivity index (χ1n) is 5.07. The van der Waals surface area contributed by atoms with Gasteiger partial charge in [-0.05, 0) is 23.7 Å². The van der Waals surface area contributed by atoms with Gasteiger partial charge < -0.3 is 5.11 Å². The molecule has 94 valence electrons. The zero-order valence-corrected chi connectivity index (χ0v) is 10.6. The van der Waals surface area contributed by atoms with Crippen LogP contribution in [0.25, 0.3) is 10.9 Å². The Kier molecular flexibility index (Phi) is 3.54. The second-order valence-corrected chi connectivity index (χ2v) is 4.36. The molecule has 7 heteroatoms. The first kappa shape index (κ1) is 12.9. The van der Waals surface area contributed by atoms with Crippen LogP contribution in [0.4, 0.5) is 0 Å². The summed E-state index contributed by atoms with van der Waals surface area (Å²) in [5, 5.41) is 9.09. The van der Waals surface area contributed by atoms with E-state index in [0.29, 0.717) is 5.52 Å². The lowest BCUT2D eigenvalue weighted by atomic mass is 10.2. The number of carboxylic acid groups (broad SMARTS) is 1. The van der Waals surface area contributed by atoms with E-state index in [2.05, 4.69) is 4.98 Å². The number of nitrogens with zero attached hydrogens (tertiary/aromatic N) is 2. The average molecular weight is 287 g/mol. The molecule has 18 heavy (non-hydrogen) atoms. The summed E-state index contributed by atoms with van der Waals surface area (Å²) >= 11 is 11.8. The maximum atomic E-state index is 12.1. The highest BCUT2D eigenvalue weighted by molar-refractivity contribution is 6.35. The van der Waals surface area contributed by atoms with Gasteiger partial charge in [-0.3, -0.25) is 14.2 Å². The van der Waals surface area contributed by atoms with Gasteiger partial charge in [0.2, 0.25) is 5.28 Å². The summed E-state index contributed by atoms with van der Waals surface area (Å²) in [6.07, 6.45) is -0.211. The Bertz CT molecular complexity index is 682. The van der Waals surface area contributed by atoms with Crippen LogP contribution >= 0.6 is 23.2 Å². The van der Waals surface area contributed by atoms with Gasteiger partial charge in [0.25, 0.3) is 5.56 Å². The number of aromatic nitrogens is 2. The topological polar surface area (TPSA) is 72.2 Å². The molecular formula is C11H8Cl2N2O3. The molecule has 0 atom stereocenters. The van der Waals surface area contributed by atoms with Crippen LogP contribution in [0.5, 0.6) is 0 Å². The summed E-state index contributed by atoms with van der Waals surface area (Å²) in [6.45, 7) is -0.0405. The van der Waals surface area contributed by atoms with Gasteiger partial charge in [0, 0.05) is 6.54 Å². The summed E-state index contributed by atoms with van der Waals surface area (Å²) in [7, 11) is 0. The van der Waals surface area contributed by atoms with Crippen molar-refractivity contribution in [1.29, 1.82) is 0 Å². The van der Waals surface area contributed by atoms with E-state index in [1.165, 1.54) is 0 Å². The highest BCUT2D eigenvalue weighted by atomic mass is 35.5. The number of halogens is 2. The summed E-state index contributed by atoms with van der Waals surface area (Å²) < 4.78 is 1.10. The fourth-order valence-electron chi connectivity index (χ4n) is 1.60. The van der Waals surface area contributed by atoms with Gasteiger partial charge in [-0.2, -0.15) is 0 Å². The Morgan fingerprint density at radius 3 is 2.78 bits per heavy atom. The lowest BCUT2D eigenvalue weighted by molar-refractivity contribution is -0.137. The summed E-state index contributed by atoms with van der Waals surface area (Å²) in [5.74, 6) is -1.02. The van der Waals surface area contributed by atoms with E-state index in [9.17, 15) is 9.59 Å². The van der Waals surface area contributed by atoms with Crippen molar-refractivity contribution in [3.63, 3.8) is 0 Å². The average Bonchev–Trinajstić information content (AvgIpc) is 2.27. The van der Waals surface area contributed by atoms with Crippen LogP contribution in [0.15, 0.2) is 23.0 Å². The van der Waals surface area contributed by atoms with E-state index in [1.807, 2.05) is 0 Å². The molecule has 0 unspecified atom stereocenters. The minimum atomic E-state index is -1.02. The first-order valence-corrected chi connectivity index (χ1v) is 5.82. The molecule has 1 aromatic heterocycles. The second kappa shape index (κ2) is 4.96. The van der Waals surface area contributed by atoms with Crippen LogP contribution in [0.3, 0.4) is 0 Å². The van der Waals surface area contributed by atoms with E-state index in [4.69, 9.17) is 28.3 Å². The predicted octanol–water partition coefficient (Wildman–Crippen LogP) is 2.18. The molecule has 2 aromatic rings. The summed E-state index contributed by atoms with van der Waals surface area (Å²) in [5.41, 5.74) is -0.0408. The van der Waals surface area contributed by atoms with Gasteiger partial charge in [-0.1, -0.05) is 17.7 Å². The molecule has 0 aliphatic heterocycles. The zero-order valence-electron chi connectivity index (χ0n) is 9.06. The molecule has 0 aliphatic rings. The second-order valence-electron chi connectivity index (χ2n) is 3.62. The number of benzene rings is 1. The van der Waals surface area contributed by atoms with Crippen LogP contribution in [0.1, 0.15) is 6.42 Å². The van der Waals surface area contributed by atoms with E-state index in [-0.39, 0.29) is 28.7 Å². The normalized spacial score (nSPS) is 10.8. The van der Waals surface area contributed by atoms with Crippen LogP contribution in [0.2, 0.25) is 10.3 Å². The summed E-state index contributed by atoms with van der Waals surface area (Å²) in [6, 6.07) is 4.85. The van der Waals surface area contributed by atoms with Gasteiger partial charge in [-0.15, -0.1) is 0 Å². The fourth-order valence-corrected chi connectivity index (χ4v) is 2.10. The predicted molar refractivity (Wildman–Crippen MR) is 68.3 cm³/mol. The molecule has 1 N–H and O–H groups in total. The standard InChI is InChI=1S/C11H8Cl2N2O3/c12-6-2-1-3-7-9(6)10(18)15(11(13)14-7)5-4-8(16)17/h1-3H,4-5H2,(H,16,17). The molecule has 0 spiro atoms. The van der Waals surface area contributed by atoms with Crippen molar-refractivity contribution >= 4 is 40.1 Å². The number of hydrogen-bond acceptors (Lipinski definition) is 3. The van der Waals surface area contributed by atoms with Crippen LogP contribution in [-0.4, -0.2) is 20.6 Å². The SMILES string of the molecule is O=C(O)CCn1c(Cl)nc2cccc(Cl)c2c1=O. The van der Waals surface area contributed by atoms with Gasteiger partial charge in [-0.25, -0.2) is 4.98 Å². The van der Waals surface area contributed by atoms with Crippen LogP contribution in [0, 0.1) is 0 Å². The molecule has 2 rings (SSSR count). The van der Waals surface area contributed by atoms with Gasteiger partial charge >= 0.3 is 5.97 Å². The van der Waals surface area contributed by atoms with Crippen molar-refractivity contribution < 1.29 is 9.90 Å². The molecule has 0 aliphatic carbocycles. The van der Waals surface area contributed by atoms with Crippen molar-refractivity contribution in [2.75, 3.05) is 0 Å². The van der Waals surface area contributed by atoms with Gasteiger partial charge in [0.15, 0.2) is 0 Å². The Morgan fingerprint density at radius 1 is 1.39 bits per heavy atom. The molecule has 0 amide bonds. The highest BCUT2D eigenvalue weighted by Gasteiger charge is 2.12. The van der Waals surface area contributed by atoms with E-state index in [0.717, 1.165) is 4.57 Å². The number of fused-ring (bicyclic) bond motifs is 1. The third kappa shape index (κ3) is 2.32. The molecule has 0 saturated carbocycles. The summed E-state index contributed by atoms with van der Waals surface area (Å²) in [4.78, 5) is 26.7. The number of carboxylic acids is 1. The van der Waals surface area contributed by atoms with E-state index in [1.54, 1.807) is 18.2 Å². The van der Waals surface area contributed by atoms with Gasteiger partial charge in [0.1, 0.15) is 0 Å². The lowest BCUT2D eigenvalue weighted by Gasteiger charge is -2.08. The quantitative estimate of drug-likeness (QED) is 0.878. The molecule has 0 saturated heterocycles. The third-order valence-corrected chi connectivity index (χ3v) is 3.04. The Morgan fingerprint density at radius 2 is 2.11 bits per heavy atom. The molecule has 1 heterocycles. The zero-order chi connectivity index (χ0) is 13.3. The maximum Gasteiger partial charge on any atom is 0.305 e. The largest absolute Gasteiger partial charge is 0.481 e.